The predicted octanol–water partition coefficient (Wildman–Crippen LogP) is 2.81. The topological polar surface area (TPSA) is 61.4 Å². The van der Waals surface area contributed by atoms with E-state index in [9.17, 15) is 14.0 Å². The minimum absolute atomic E-state index is 0.257. The highest BCUT2D eigenvalue weighted by atomic mass is 19.1. The first-order valence-corrected chi connectivity index (χ1v) is 8.75. The van der Waals surface area contributed by atoms with Crippen molar-refractivity contribution in [2.45, 2.75) is 44.6 Å². The highest BCUT2D eigenvalue weighted by Gasteiger charge is 2.34. The lowest BCUT2D eigenvalue weighted by atomic mass is 9.89. The second-order valence-electron chi connectivity index (χ2n) is 6.64. The molecule has 1 atom stereocenters. The molecule has 0 radical (unpaired) electrons. The second kappa shape index (κ2) is 7.64. The number of rotatable bonds is 4. The van der Waals surface area contributed by atoms with Crippen LogP contribution in [0.1, 0.15) is 38.5 Å². The second-order valence-corrected chi connectivity index (χ2v) is 6.64. The maximum absolute atomic E-state index is 13.8. The van der Waals surface area contributed by atoms with Crippen molar-refractivity contribution in [2.24, 2.45) is 5.92 Å². The zero-order valence-corrected chi connectivity index (χ0v) is 13.8. The summed E-state index contributed by atoms with van der Waals surface area (Å²) in [6, 6.07) is 5.31. The normalized spacial score (nSPS) is 21.8. The van der Waals surface area contributed by atoms with Gasteiger partial charge in [-0.1, -0.05) is 31.4 Å². The number of anilines is 1. The molecule has 24 heavy (non-hydrogen) atoms. The molecule has 1 aliphatic heterocycles. The first-order valence-electron chi connectivity index (χ1n) is 8.75. The lowest BCUT2D eigenvalue weighted by Gasteiger charge is -2.22. The van der Waals surface area contributed by atoms with Gasteiger partial charge in [0.1, 0.15) is 11.9 Å². The van der Waals surface area contributed by atoms with Gasteiger partial charge in [-0.15, -0.1) is 0 Å². The molecule has 2 aliphatic rings. The molecule has 1 saturated carbocycles. The Hall–Kier alpha value is -2.11. The SMILES string of the molecule is O=C(NCC1CCCCC1)NC1CCN(c2ccccc2F)C1=O. The Bertz CT molecular complexity index is 602. The molecule has 0 spiro atoms. The molecular formula is C18H24FN3O2. The van der Waals surface area contributed by atoms with E-state index < -0.39 is 11.9 Å². The van der Waals surface area contributed by atoms with Crippen molar-refractivity contribution in [3.05, 3.63) is 30.1 Å². The number of carbonyl (C=O) groups excluding carboxylic acids is 2. The Morgan fingerprint density at radius 3 is 2.67 bits per heavy atom. The molecule has 0 aromatic heterocycles. The number of hydrogen-bond acceptors (Lipinski definition) is 2. The third-order valence-electron chi connectivity index (χ3n) is 4.93. The molecule has 1 aliphatic carbocycles. The number of urea groups is 1. The van der Waals surface area contributed by atoms with Gasteiger partial charge in [-0.25, -0.2) is 9.18 Å². The van der Waals surface area contributed by atoms with Crippen LogP contribution < -0.4 is 15.5 Å². The first-order chi connectivity index (χ1) is 11.6. The summed E-state index contributed by atoms with van der Waals surface area (Å²) in [6.07, 6.45) is 6.54. The van der Waals surface area contributed by atoms with Crippen molar-refractivity contribution in [1.29, 1.82) is 0 Å². The summed E-state index contributed by atoms with van der Waals surface area (Å²) < 4.78 is 13.8. The third-order valence-corrected chi connectivity index (χ3v) is 4.93. The van der Waals surface area contributed by atoms with Crippen LogP contribution in [-0.2, 0) is 4.79 Å². The minimum Gasteiger partial charge on any atom is -0.338 e. The molecule has 1 aromatic rings. The summed E-state index contributed by atoms with van der Waals surface area (Å²) >= 11 is 0. The van der Waals surface area contributed by atoms with Gasteiger partial charge in [0, 0.05) is 13.1 Å². The third kappa shape index (κ3) is 3.86. The van der Waals surface area contributed by atoms with Crippen molar-refractivity contribution in [3.8, 4) is 0 Å². The molecule has 1 heterocycles. The number of benzene rings is 1. The summed E-state index contributed by atoms with van der Waals surface area (Å²) in [7, 11) is 0. The van der Waals surface area contributed by atoms with Gasteiger partial charge in [0.05, 0.1) is 5.69 Å². The fourth-order valence-corrected chi connectivity index (χ4v) is 3.56. The molecule has 3 rings (SSSR count). The number of amides is 3. The Labute approximate surface area is 141 Å². The van der Waals surface area contributed by atoms with Crippen molar-refractivity contribution < 1.29 is 14.0 Å². The van der Waals surface area contributed by atoms with E-state index in [0.29, 0.717) is 25.4 Å². The fraction of sp³-hybridized carbons (Fsp3) is 0.556. The summed E-state index contributed by atoms with van der Waals surface area (Å²) in [5, 5.41) is 5.59. The van der Waals surface area contributed by atoms with Gasteiger partial charge in [0.25, 0.3) is 0 Å². The van der Waals surface area contributed by atoms with Crippen molar-refractivity contribution in [3.63, 3.8) is 0 Å². The van der Waals surface area contributed by atoms with Gasteiger partial charge < -0.3 is 15.5 Å². The fourth-order valence-electron chi connectivity index (χ4n) is 3.56. The Balaban J connectivity index is 1.50. The van der Waals surface area contributed by atoms with Crippen LogP contribution in [0.5, 0.6) is 0 Å². The van der Waals surface area contributed by atoms with Crippen LogP contribution in [0.3, 0.4) is 0 Å². The van der Waals surface area contributed by atoms with E-state index in [1.54, 1.807) is 18.2 Å². The van der Waals surface area contributed by atoms with E-state index in [4.69, 9.17) is 0 Å². The summed E-state index contributed by atoms with van der Waals surface area (Å²) in [6.45, 7) is 1.07. The quantitative estimate of drug-likeness (QED) is 0.890. The number of hydrogen-bond donors (Lipinski definition) is 2. The number of nitrogens with one attached hydrogen (secondary N) is 2. The molecule has 3 amide bonds. The van der Waals surface area contributed by atoms with E-state index >= 15 is 0 Å². The number of nitrogens with zero attached hydrogens (tertiary/aromatic N) is 1. The number of halogens is 1. The largest absolute Gasteiger partial charge is 0.338 e. The van der Waals surface area contributed by atoms with E-state index in [2.05, 4.69) is 10.6 Å². The average molecular weight is 333 g/mol. The molecule has 2 N–H and O–H groups in total. The molecular weight excluding hydrogens is 309 g/mol. The first kappa shape index (κ1) is 16.7. The molecule has 2 fully saturated rings. The number of carbonyl (C=O) groups is 2. The standard InChI is InChI=1S/C18H24FN3O2/c19-14-8-4-5-9-16(14)22-11-10-15(17(22)23)21-18(24)20-12-13-6-2-1-3-7-13/h4-5,8-9,13,15H,1-3,6-7,10-12H2,(H2,20,21,24). The van der Waals surface area contributed by atoms with Crippen molar-refractivity contribution in [1.82, 2.24) is 10.6 Å². The van der Waals surface area contributed by atoms with Crippen molar-refractivity contribution in [2.75, 3.05) is 18.0 Å². The van der Waals surface area contributed by atoms with Crippen LogP contribution in [0.2, 0.25) is 0 Å². The van der Waals surface area contributed by atoms with Crippen LogP contribution in [0, 0.1) is 11.7 Å². The van der Waals surface area contributed by atoms with E-state index in [-0.39, 0.29) is 17.6 Å². The highest BCUT2D eigenvalue weighted by Crippen LogP contribution is 2.25. The molecule has 1 unspecified atom stereocenters. The molecule has 6 heteroatoms. The van der Waals surface area contributed by atoms with Crippen LogP contribution in [0.25, 0.3) is 0 Å². The molecule has 1 saturated heterocycles. The van der Waals surface area contributed by atoms with Gasteiger partial charge in [0.2, 0.25) is 5.91 Å². The Morgan fingerprint density at radius 2 is 1.92 bits per heavy atom. The Kier molecular flexibility index (Phi) is 5.33. The van der Waals surface area contributed by atoms with E-state index in [0.717, 1.165) is 12.8 Å². The maximum Gasteiger partial charge on any atom is 0.315 e. The maximum atomic E-state index is 13.8. The zero-order valence-electron chi connectivity index (χ0n) is 13.8. The van der Waals surface area contributed by atoms with E-state index in [1.807, 2.05) is 0 Å². The lowest BCUT2D eigenvalue weighted by Crippen LogP contribution is -2.47. The van der Waals surface area contributed by atoms with Crippen LogP contribution in [0.15, 0.2) is 24.3 Å². The van der Waals surface area contributed by atoms with Gasteiger partial charge in [-0.2, -0.15) is 0 Å². The van der Waals surface area contributed by atoms with E-state index in [1.165, 1.54) is 30.2 Å². The van der Waals surface area contributed by atoms with Crippen LogP contribution in [-0.4, -0.2) is 31.1 Å². The summed E-state index contributed by atoms with van der Waals surface area (Å²) in [5.74, 6) is -0.139. The molecule has 1 aromatic carbocycles. The predicted molar refractivity (Wildman–Crippen MR) is 90.3 cm³/mol. The van der Waals surface area contributed by atoms with Gasteiger partial charge in [-0.05, 0) is 37.3 Å². The number of para-hydroxylation sites is 1. The van der Waals surface area contributed by atoms with Crippen molar-refractivity contribution >= 4 is 17.6 Å². The smallest absolute Gasteiger partial charge is 0.315 e. The molecule has 130 valence electrons. The van der Waals surface area contributed by atoms with Crippen LogP contribution >= 0.6 is 0 Å². The van der Waals surface area contributed by atoms with Crippen LogP contribution in [0.4, 0.5) is 14.9 Å². The van der Waals surface area contributed by atoms with Gasteiger partial charge >= 0.3 is 6.03 Å². The molecule has 5 nitrogen and oxygen atoms in total. The lowest BCUT2D eigenvalue weighted by molar-refractivity contribution is -0.118. The highest BCUT2D eigenvalue weighted by molar-refractivity contribution is 6.01. The average Bonchev–Trinajstić information content (AvgIpc) is 2.95. The van der Waals surface area contributed by atoms with Gasteiger partial charge in [-0.3, -0.25) is 4.79 Å². The monoisotopic (exact) mass is 333 g/mol. The Morgan fingerprint density at radius 1 is 1.17 bits per heavy atom. The summed E-state index contributed by atoms with van der Waals surface area (Å²) in [4.78, 5) is 25.9. The molecule has 0 bridgehead atoms. The van der Waals surface area contributed by atoms with Gasteiger partial charge in [0.15, 0.2) is 0 Å². The summed E-state index contributed by atoms with van der Waals surface area (Å²) in [5.41, 5.74) is 0.273. The zero-order chi connectivity index (χ0) is 16.9. The minimum atomic E-state index is -0.587.